The zero-order valence-corrected chi connectivity index (χ0v) is 12.9. The molecule has 0 aliphatic heterocycles. The molecule has 0 aliphatic carbocycles. The van der Waals surface area contributed by atoms with E-state index in [0.29, 0.717) is 11.1 Å². The Labute approximate surface area is 137 Å². The Bertz CT molecular complexity index is 963. The summed E-state index contributed by atoms with van der Waals surface area (Å²) in [6, 6.07) is 17.8. The molecule has 4 nitrogen and oxygen atoms in total. The average molecular weight is 320 g/mol. The second-order valence-corrected chi connectivity index (χ2v) is 6.32. The fourth-order valence-corrected chi connectivity index (χ4v) is 3.59. The van der Waals surface area contributed by atoms with Crippen LogP contribution in [-0.4, -0.2) is 26.6 Å². The first-order valence-electron chi connectivity index (χ1n) is 7.21. The Morgan fingerprint density at radius 2 is 1.74 bits per heavy atom. The van der Waals surface area contributed by atoms with E-state index in [9.17, 15) is 10.0 Å². The molecular weight excluding hydrogens is 307 g/mol. The third-order valence-electron chi connectivity index (χ3n) is 3.75. The standard InChI is InChI=1S/C17H13BN2O2S/c21-18(22)13-8-9-20-14(11-19-17(20)10-13)16-7-6-15(23-16)12-4-2-1-3-5-12/h1-11,21-22H. The van der Waals surface area contributed by atoms with Gasteiger partial charge in [-0.2, -0.15) is 0 Å². The predicted molar refractivity (Wildman–Crippen MR) is 93.8 cm³/mol. The van der Waals surface area contributed by atoms with Crippen LogP contribution in [0.1, 0.15) is 0 Å². The lowest BCUT2D eigenvalue weighted by atomic mass is 9.81. The average Bonchev–Trinajstić information content (AvgIpc) is 3.21. The highest BCUT2D eigenvalue weighted by molar-refractivity contribution is 7.18. The largest absolute Gasteiger partial charge is 0.488 e. The van der Waals surface area contributed by atoms with Gasteiger partial charge in [0.15, 0.2) is 0 Å². The summed E-state index contributed by atoms with van der Waals surface area (Å²) in [5.74, 6) is 0. The first kappa shape index (κ1) is 14.2. The minimum atomic E-state index is -1.48. The second-order valence-electron chi connectivity index (χ2n) is 5.24. The summed E-state index contributed by atoms with van der Waals surface area (Å²) in [7, 11) is -1.48. The number of nitrogens with zero attached hydrogens (tertiary/aromatic N) is 2. The quantitative estimate of drug-likeness (QED) is 0.570. The number of hydrogen-bond donors (Lipinski definition) is 2. The van der Waals surface area contributed by atoms with E-state index in [1.807, 2.05) is 35.0 Å². The van der Waals surface area contributed by atoms with Crippen LogP contribution in [0.2, 0.25) is 0 Å². The van der Waals surface area contributed by atoms with Crippen LogP contribution in [0.4, 0.5) is 0 Å². The van der Waals surface area contributed by atoms with E-state index in [1.165, 1.54) is 10.4 Å². The number of rotatable bonds is 3. The third-order valence-corrected chi connectivity index (χ3v) is 4.91. The summed E-state index contributed by atoms with van der Waals surface area (Å²) in [6.07, 6.45) is 3.62. The highest BCUT2D eigenvalue weighted by atomic mass is 32.1. The molecule has 3 aromatic heterocycles. The van der Waals surface area contributed by atoms with Gasteiger partial charge in [-0.05, 0) is 35.3 Å². The summed E-state index contributed by atoms with van der Waals surface area (Å²) >= 11 is 1.71. The van der Waals surface area contributed by atoms with Crippen LogP contribution in [0.25, 0.3) is 26.7 Å². The summed E-state index contributed by atoms with van der Waals surface area (Å²) in [6.45, 7) is 0. The molecule has 23 heavy (non-hydrogen) atoms. The molecule has 0 fully saturated rings. The molecule has 6 heteroatoms. The SMILES string of the molecule is OB(O)c1ccn2c(-c3ccc(-c4ccccc4)s3)cnc2c1. The molecule has 0 atom stereocenters. The van der Waals surface area contributed by atoms with Crippen molar-refractivity contribution >= 4 is 29.6 Å². The first-order chi connectivity index (χ1) is 11.2. The number of imidazole rings is 1. The Morgan fingerprint density at radius 3 is 2.52 bits per heavy atom. The minimum absolute atomic E-state index is 0.436. The number of fused-ring (bicyclic) bond motifs is 1. The van der Waals surface area contributed by atoms with E-state index < -0.39 is 7.12 Å². The van der Waals surface area contributed by atoms with E-state index in [2.05, 4.69) is 29.2 Å². The van der Waals surface area contributed by atoms with Crippen LogP contribution >= 0.6 is 11.3 Å². The highest BCUT2D eigenvalue weighted by Crippen LogP contribution is 2.34. The van der Waals surface area contributed by atoms with Gasteiger partial charge in [0.05, 0.1) is 16.8 Å². The number of hydrogen-bond acceptors (Lipinski definition) is 4. The maximum atomic E-state index is 9.26. The van der Waals surface area contributed by atoms with Crippen LogP contribution in [-0.2, 0) is 0 Å². The van der Waals surface area contributed by atoms with E-state index in [-0.39, 0.29) is 0 Å². The summed E-state index contributed by atoms with van der Waals surface area (Å²) in [5.41, 5.74) is 3.32. The molecule has 112 valence electrons. The summed E-state index contributed by atoms with van der Waals surface area (Å²) in [4.78, 5) is 6.69. The van der Waals surface area contributed by atoms with Gasteiger partial charge in [0.1, 0.15) is 5.65 Å². The van der Waals surface area contributed by atoms with Crippen LogP contribution in [0.15, 0.2) is 67.0 Å². The monoisotopic (exact) mass is 320 g/mol. The van der Waals surface area contributed by atoms with Crippen molar-refractivity contribution in [2.45, 2.75) is 0 Å². The number of pyridine rings is 1. The molecular formula is C17H13BN2O2S. The Hall–Kier alpha value is -2.41. The lowest BCUT2D eigenvalue weighted by Crippen LogP contribution is -2.29. The van der Waals surface area contributed by atoms with E-state index in [4.69, 9.17) is 0 Å². The minimum Gasteiger partial charge on any atom is -0.423 e. The van der Waals surface area contributed by atoms with Gasteiger partial charge in [-0.25, -0.2) is 4.98 Å². The Kier molecular flexibility index (Phi) is 3.50. The van der Waals surface area contributed by atoms with Crippen molar-refractivity contribution < 1.29 is 10.0 Å². The molecule has 4 aromatic rings. The molecule has 0 unspecified atom stereocenters. The highest BCUT2D eigenvalue weighted by Gasteiger charge is 2.14. The van der Waals surface area contributed by atoms with Crippen molar-refractivity contribution in [1.82, 2.24) is 9.38 Å². The zero-order valence-electron chi connectivity index (χ0n) is 12.1. The van der Waals surface area contributed by atoms with Gasteiger partial charge in [0.25, 0.3) is 0 Å². The van der Waals surface area contributed by atoms with Crippen LogP contribution in [0.5, 0.6) is 0 Å². The molecule has 0 saturated heterocycles. The van der Waals surface area contributed by atoms with Gasteiger partial charge in [0, 0.05) is 11.1 Å². The molecule has 2 N–H and O–H groups in total. The molecule has 3 heterocycles. The number of aromatic nitrogens is 2. The van der Waals surface area contributed by atoms with Gasteiger partial charge < -0.3 is 10.0 Å². The number of benzene rings is 1. The lowest BCUT2D eigenvalue weighted by Gasteiger charge is -2.02. The van der Waals surface area contributed by atoms with Crippen molar-refractivity contribution in [3.8, 4) is 21.0 Å². The Balaban J connectivity index is 1.77. The van der Waals surface area contributed by atoms with E-state index in [1.54, 1.807) is 23.5 Å². The zero-order chi connectivity index (χ0) is 15.8. The van der Waals surface area contributed by atoms with Crippen LogP contribution in [0.3, 0.4) is 0 Å². The van der Waals surface area contributed by atoms with Crippen molar-refractivity contribution in [2.75, 3.05) is 0 Å². The van der Waals surface area contributed by atoms with Crippen LogP contribution in [0, 0.1) is 0 Å². The molecule has 0 aliphatic rings. The van der Waals surface area contributed by atoms with Gasteiger partial charge in [-0.1, -0.05) is 30.3 Å². The molecule has 4 rings (SSSR count). The van der Waals surface area contributed by atoms with Crippen LogP contribution < -0.4 is 5.46 Å². The Morgan fingerprint density at radius 1 is 0.957 bits per heavy atom. The normalized spacial score (nSPS) is 11.0. The molecule has 0 saturated carbocycles. The summed E-state index contributed by atoms with van der Waals surface area (Å²) in [5, 5.41) is 18.5. The maximum absolute atomic E-state index is 9.26. The van der Waals surface area contributed by atoms with E-state index in [0.717, 1.165) is 10.6 Å². The molecule has 0 amide bonds. The first-order valence-corrected chi connectivity index (χ1v) is 8.03. The van der Waals surface area contributed by atoms with Gasteiger partial charge >= 0.3 is 7.12 Å². The smallest absolute Gasteiger partial charge is 0.423 e. The van der Waals surface area contributed by atoms with Crippen molar-refractivity contribution in [2.24, 2.45) is 0 Å². The third kappa shape index (κ3) is 2.57. The second kappa shape index (κ2) is 5.66. The predicted octanol–water partition coefficient (Wildman–Crippen LogP) is 2.41. The van der Waals surface area contributed by atoms with Gasteiger partial charge in [-0.15, -0.1) is 11.3 Å². The fourth-order valence-electron chi connectivity index (χ4n) is 2.57. The lowest BCUT2D eigenvalue weighted by molar-refractivity contribution is 0.426. The topological polar surface area (TPSA) is 57.8 Å². The van der Waals surface area contributed by atoms with Crippen molar-refractivity contribution in [1.29, 1.82) is 0 Å². The number of thiophene rings is 1. The maximum Gasteiger partial charge on any atom is 0.488 e. The van der Waals surface area contributed by atoms with Crippen molar-refractivity contribution in [3.05, 3.63) is 67.0 Å². The van der Waals surface area contributed by atoms with Gasteiger partial charge in [0.2, 0.25) is 0 Å². The van der Waals surface area contributed by atoms with E-state index >= 15 is 0 Å². The fraction of sp³-hybridized carbons (Fsp3) is 0. The van der Waals surface area contributed by atoms with Crippen molar-refractivity contribution in [3.63, 3.8) is 0 Å². The molecule has 1 aromatic carbocycles. The molecule has 0 spiro atoms. The summed E-state index contributed by atoms with van der Waals surface area (Å²) < 4.78 is 1.95. The molecule has 0 radical (unpaired) electrons. The van der Waals surface area contributed by atoms with Gasteiger partial charge in [-0.3, -0.25) is 4.40 Å². The molecule has 0 bridgehead atoms.